The summed E-state index contributed by atoms with van der Waals surface area (Å²) in [5.41, 5.74) is 5.19. The fourth-order valence-corrected chi connectivity index (χ4v) is 3.19. The maximum Gasteiger partial charge on any atom is 0.123 e. The quantitative estimate of drug-likeness (QED) is 0.383. The van der Waals surface area contributed by atoms with Gasteiger partial charge in [0.05, 0.1) is 5.69 Å². The van der Waals surface area contributed by atoms with Crippen LogP contribution < -0.4 is 0 Å². The summed E-state index contributed by atoms with van der Waals surface area (Å²) >= 11 is 0. The van der Waals surface area contributed by atoms with Crippen LogP contribution in [0, 0.1) is 17.7 Å². The Labute approximate surface area is 164 Å². The van der Waals surface area contributed by atoms with Gasteiger partial charge >= 0.3 is 0 Å². The lowest BCUT2D eigenvalue weighted by atomic mass is 10.1. The number of rotatable bonds is 3. The van der Waals surface area contributed by atoms with E-state index in [0.29, 0.717) is 0 Å². The summed E-state index contributed by atoms with van der Waals surface area (Å²) in [7, 11) is 0. The van der Waals surface area contributed by atoms with Gasteiger partial charge in [-0.2, -0.15) is 0 Å². The molecule has 1 heterocycles. The largest absolute Gasteiger partial charge is 0.256 e. The average molecular weight is 365 g/mol. The van der Waals surface area contributed by atoms with Crippen LogP contribution in [0.1, 0.15) is 30.0 Å². The third kappa shape index (κ3) is 4.10. The SMILES string of the molecule is CCCc1ccc(-c2ccc(C#Cc3ccc4cc(F)ccc4c3)cc2)nc1. The van der Waals surface area contributed by atoms with Crippen molar-refractivity contribution < 1.29 is 4.39 Å². The highest BCUT2D eigenvalue weighted by atomic mass is 19.1. The van der Waals surface area contributed by atoms with Crippen LogP contribution in [0.4, 0.5) is 4.39 Å². The van der Waals surface area contributed by atoms with E-state index in [4.69, 9.17) is 0 Å². The minimum absolute atomic E-state index is 0.221. The number of aryl methyl sites for hydroxylation is 1. The Kier molecular flexibility index (Phi) is 5.17. The number of pyridine rings is 1. The predicted molar refractivity (Wildman–Crippen MR) is 114 cm³/mol. The summed E-state index contributed by atoms with van der Waals surface area (Å²) in [5.74, 6) is 6.16. The standard InChI is InChI=1S/C26H20FN/c1-2-3-21-9-15-26(28-18-21)22-10-6-19(7-11-22)4-5-20-8-12-24-17-25(27)14-13-23(24)16-20/h6-18H,2-3H2,1H3. The van der Waals surface area contributed by atoms with Crippen molar-refractivity contribution in [3.05, 3.63) is 102 Å². The molecule has 4 rings (SSSR count). The Morgan fingerprint density at radius 3 is 2.25 bits per heavy atom. The molecule has 3 aromatic carbocycles. The number of benzene rings is 3. The van der Waals surface area contributed by atoms with Gasteiger partial charge in [-0.25, -0.2) is 4.39 Å². The molecule has 0 aliphatic rings. The van der Waals surface area contributed by atoms with Crippen molar-refractivity contribution in [2.24, 2.45) is 0 Å². The first kappa shape index (κ1) is 17.9. The molecule has 0 unspecified atom stereocenters. The Hall–Kier alpha value is -3.44. The van der Waals surface area contributed by atoms with Crippen molar-refractivity contribution in [2.75, 3.05) is 0 Å². The molecule has 1 aromatic heterocycles. The first-order valence-electron chi connectivity index (χ1n) is 9.48. The summed E-state index contributed by atoms with van der Waals surface area (Å²) in [6.45, 7) is 2.17. The second-order valence-corrected chi connectivity index (χ2v) is 6.84. The summed E-state index contributed by atoms with van der Waals surface area (Å²) in [6.07, 6.45) is 4.14. The fourth-order valence-electron chi connectivity index (χ4n) is 3.19. The van der Waals surface area contributed by atoms with E-state index in [1.165, 1.54) is 17.7 Å². The highest BCUT2D eigenvalue weighted by Gasteiger charge is 2.00. The number of fused-ring (bicyclic) bond motifs is 1. The first-order valence-corrected chi connectivity index (χ1v) is 9.48. The van der Waals surface area contributed by atoms with Crippen LogP contribution in [0.2, 0.25) is 0 Å². The molecule has 136 valence electrons. The topological polar surface area (TPSA) is 12.9 Å². The molecule has 28 heavy (non-hydrogen) atoms. The number of aromatic nitrogens is 1. The zero-order valence-corrected chi connectivity index (χ0v) is 15.7. The molecule has 0 radical (unpaired) electrons. The number of hydrogen-bond donors (Lipinski definition) is 0. The van der Waals surface area contributed by atoms with Crippen LogP contribution in [0.3, 0.4) is 0 Å². The van der Waals surface area contributed by atoms with Crippen molar-refractivity contribution in [2.45, 2.75) is 19.8 Å². The van der Waals surface area contributed by atoms with E-state index in [1.54, 1.807) is 6.07 Å². The average Bonchev–Trinajstić information content (AvgIpc) is 2.73. The monoisotopic (exact) mass is 365 g/mol. The molecular weight excluding hydrogens is 345 g/mol. The minimum atomic E-state index is -0.221. The van der Waals surface area contributed by atoms with Crippen molar-refractivity contribution in [1.29, 1.82) is 0 Å². The molecule has 4 aromatic rings. The molecule has 2 heteroatoms. The van der Waals surface area contributed by atoms with Gasteiger partial charge in [0.15, 0.2) is 0 Å². The Morgan fingerprint density at radius 1 is 0.786 bits per heavy atom. The molecule has 0 aliphatic heterocycles. The van der Waals surface area contributed by atoms with E-state index in [0.717, 1.165) is 46.0 Å². The first-order chi connectivity index (χ1) is 13.7. The number of halogens is 1. The second kappa shape index (κ2) is 8.06. The van der Waals surface area contributed by atoms with E-state index < -0.39 is 0 Å². The van der Waals surface area contributed by atoms with Crippen LogP contribution in [0.5, 0.6) is 0 Å². The molecular formula is C26H20FN. The van der Waals surface area contributed by atoms with Gasteiger partial charge in [0.2, 0.25) is 0 Å². The Morgan fingerprint density at radius 2 is 1.50 bits per heavy atom. The lowest BCUT2D eigenvalue weighted by Gasteiger charge is -2.03. The highest BCUT2D eigenvalue weighted by molar-refractivity contribution is 5.84. The van der Waals surface area contributed by atoms with E-state index in [1.807, 2.05) is 36.5 Å². The van der Waals surface area contributed by atoms with Gasteiger partial charge in [-0.1, -0.05) is 55.5 Å². The normalized spacial score (nSPS) is 10.5. The molecule has 0 aliphatic carbocycles. The zero-order chi connectivity index (χ0) is 19.3. The van der Waals surface area contributed by atoms with Crippen molar-refractivity contribution in [3.63, 3.8) is 0 Å². The predicted octanol–water partition coefficient (Wildman–Crippen LogP) is 6.39. The third-order valence-corrected chi connectivity index (χ3v) is 4.70. The third-order valence-electron chi connectivity index (χ3n) is 4.70. The van der Waals surface area contributed by atoms with Crippen LogP contribution in [0.15, 0.2) is 79.0 Å². The van der Waals surface area contributed by atoms with Crippen molar-refractivity contribution in [3.8, 4) is 23.1 Å². The maximum absolute atomic E-state index is 13.3. The molecule has 0 N–H and O–H groups in total. The molecule has 0 fully saturated rings. The lowest BCUT2D eigenvalue weighted by Crippen LogP contribution is -1.88. The molecule has 0 saturated carbocycles. The zero-order valence-electron chi connectivity index (χ0n) is 15.7. The Bertz CT molecular complexity index is 1160. The molecule has 0 amide bonds. The summed E-state index contributed by atoms with van der Waals surface area (Å²) in [4.78, 5) is 4.56. The van der Waals surface area contributed by atoms with Gasteiger partial charge in [0.1, 0.15) is 5.82 Å². The molecule has 0 spiro atoms. The summed E-state index contributed by atoms with van der Waals surface area (Å²) in [5, 5.41) is 1.87. The molecule has 0 saturated heterocycles. The van der Waals surface area contributed by atoms with Gasteiger partial charge in [0, 0.05) is 22.9 Å². The van der Waals surface area contributed by atoms with E-state index in [-0.39, 0.29) is 5.82 Å². The highest BCUT2D eigenvalue weighted by Crippen LogP contribution is 2.19. The van der Waals surface area contributed by atoms with Crippen LogP contribution in [-0.4, -0.2) is 4.98 Å². The van der Waals surface area contributed by atoms with Gasteiger partial charge < -0.3 is 0 Å². The van der Waals surface area contributed by atoms with Crippen LogP contribution >= 0.6 is 0 Å². The smallest absolute Gasteiger partial charge is 0.123 e. The molecule has 0 bridgehead atoms. The van der Waals surface area contributed by atoms with Gasteiger partial charge in [-0.05, 0) is 65.2 Å². The second-order valence-electron chi connectivity index (χ2n) is 6.84. The summed E-state index contributed by atoms with van der Waals surface area (Å²) in [6, 6.07) is 22.9. The van der Waals surface area contributed by atoms with Crippen LogP contribution in [-0.2, 0) is 6.42 Å². The van der Waals surface area contributed by atoms with Gasteiger partial charge in [0.25, 0.3) is 0 Å². The number of hydrogen-bond acceptors (Lipinski definition) is 1. The van der Waals surface area contributed by atoms with E-state index in [2.05, 4.69) is 48.0 Å². The summed E-state index contributed by atoms with van der Waals surface area (Å²) < 4.78 is 13.3. The van der Waals surface area contributed by atoms with Crippen molar-refractivity contribution >= 4 is 10.8 Å². The van der Waals surface area contributed by atoms with Crippen LogP contribution in [0.25, 0.3) is 22.0 Å². The number of nitrogens with zero attached hydrogens (tertiary/aromatic N) is 1. The van der Waals surface area contributed by atoms with Crippen molar-refractivity contribution in [1.82, 2.24) is 4.98 Å². The Balaban J connectivity index is 1.53. The molecule has 1 nitrogen and oxygen atoms in total. The fraction of sp³-hybridized carbons (Fsp3) is 0.115. The van der Waals surface area contributed by atoms with Gasteiger partial charge in [-0.15, -0.1) is 0 Å². The molecule has 0 atom stereocenters. The van der Waals surface area contributed by atoms with E-state index >= 15 is 0 Å². The minimum Gasteiger partial charge on any atom is -0.256 e. The lowest BCUT2D eigenvalue weighted by molar-refractivity contribution is 0.630. The maximum atomic E-state index is 13.3. The van der Waals surface area contributed by atoms with E-state index in [9.17, 15) is 4.39 Å². The van der Waals surface area contributed by atoms with Gasteiger partial charge in [-0.3, -0.25) is 4.98 Å².